The summed E-state index contributed by atoms with van der Waals surface area (Å²) in [6, 6.07) is 8.53. The minimum absolute atomic E-state index is 0.119. The topological polar surface area (TPSA) is 107 Å². The lowest BCUT2D eigenvalue weighted by atomic mass is 9.76. The Morgan fingerprint density at radius 1 is 1.31 bits per heavy atom. The molecular weight excluding hydrogens is 331 g/mol. The maximum atomic E-state index is 11.8. The number of benzene rings is 1. The van der Waals surface area contributed by atoms with Gasteiger partial charge in [0.15, 0.2) is 0 Å². The van der Waals surface area contributed by atoms with Crippen molar-refractivity contribution in [2.45, 2.75) is 44.6 Å². The zero-order valence-corrected chi connectivity index (χ0v) is 15.3. The van der Waals surface area contributed by atoms with Crippen molar-refractivity contribution < 1.29 is 19.9 Å². The van der Waals surface area contributed by atoms with Gasteiger partial charge in [0.1, 0.15) is 5.54 Å². The molecule has 7 heteroatoms. The van der Waals surface area contributed by atoms with E-state index in [4.69, 9.17) is 15.8 Å². The van der Waals surface area contributed by atoms with E-state index in [9.17, 15) is 9.90 Å². The first-order valence-electron chi connectivity index (χ1n) is 9.46. The summed E-state index contributed by atoms with van der Waals surface area (Å²) in [5.41, 5.74) is 7.65. The maximum absolute atomic E-state index is 11.8. The lowest BCUT2D eigenvalue weighted by Gasteiger charge is -2.31. The molecule has 5 N–H and O–H groups in total. The van der Waals surface area contributed by atoms with E-state index in [1.165, 1.54) is 11.1 Å². The number of likely N-dealkylation sites (tertiary alicyclic amines) is 1. The fraction of sp³-hybridized carbons (Fsp3) is 0.632. The van der Waals surface area contributed by atoms with Crippen molar-refractivity contribution in [3.05, 3.63) is 35.4 Å². The molecule has 1 saturated heterocycles. The summed E-state index contributed by atoms with van der Waals surface area (Å²) in [5.74, 6) is -0.485. The fourth-order valence-electron chi connectivity index (χ4n) is 4.95. The van der Waals surface area contributed by atoms with E-state index in [1.54, 1.807) is 0 Å². The van der Waals surface area contributed by atoms with Crippen LogP contribution in [0.2, 0.25) is 6.32 Å². The number of hydrogen-bond donors (Lipinski definition) is 4. The standard InChI is InChI=1S/C19H29BN2O4/c1-13-4-6-14(7-5-13)10-22-11-15-9-19(21,18(23)24)17(16(15)12-22)3-2-8-20(25)26/h4-7,15-17,25-26H,2-3,8-12,21H2,1H3,(H,23,24). The van der Waals surface area contributed by atoms with Crippen LogP contribution in [-0.4, -0.2) is 51.8 Å². The molecule has 2 fully saturated rings. The highest BCUT2D eigenvalue weighted by atomic mass is 16.4. The van der Waals surface area contributed by atoms with Gasteiger partial charge in [-0.15, -0.1) is 0 Å². The summed E-state index contributed by atoms with van der Waals surface area (Å²) < 4.78 is 0. The van der Waals surface area contributed by atoms with Gasteiger partial charge >= 0.3 is 13.1 Å². The summed E-state index contributed by atoms with van der Waals surface area (Å²) in [5, 5.41) is 27.9. The number of nitrogens with zero attached hydrogens (tertiary/aromatic N) is 1. The summed E-state index contributed by atoms with van der Waals surface area (Å²) in [6.07, 6.45) is 1.97. The van der Waals surface area contributed by atoms with Crippen LogP contribution < -0.4 is 5.73 Å². The molecule has 1 saturated carbocycles. The first kappa shape index (κ1) is 19.4. The predicted octanol–water partition coefficient (Wildman–Crippen LogP) is 1.10. The van der Waals surface area contributed by atoms with Gasteiger partial charge in [-0.1, -0.05) is 36.2 Å². The second-order valence-corrected chi connectivity index (χ2v) is 8.17. The number of carbonyl (C=O) groups is 1. The fourth-order valence-corrected chi connectivity index (χ4v) is 4.95. The van der Waals surface area contributed by atoms with Crippen molar-refractivity contribution in [3.8, 4) is 0 Å². The van der Waals surface area contributed by atoms with E-state index >= 15 is 0 Å². The van der Waals surface area contributed by atoms with Gasteiger partial charge in [0, 0.05) is 19.6 Å². The molecule has 0 amide bonds. The number of aliphatic carboxylic acids is 1. The molecule has 2 aliphatic rings. The van der Waals surface area contributed by atoms with Gasteiger partial charge < -0.3 is 20.9 Å². The van der Waals surface area contributed by atoms with Gasteiger partial charge in [0.25, 0.3) is 0 Å². The molecule has 1 aromatic rings. The monoisotopic (exact) mass is 360 g/mol. The average Bonchev–Trinajstić information content (AvgIpc) is 3.05. The van der Waals surface area contributed by atoms with Gasteiger partial charge in [0.2, 0.25) is 0 Å². The van der Waals surface area contributed by atoms with Crippen LogP contribution in [0.1, 0.15) is 30.4 Å². The molecule has 1 aromatic carbocycles. The van der Waals surface area contributed by atoms with Crippen molar-refractivity contribution >= 4 is 13.1 Å². The van der Waals surface area contributed by atoms with Crippen molar-refractivity contribution in [2.24, 2.45) is 23.5 Å². The van der Waals surface area contributed by atoms with Crippen LogP contribution in [0.5, 0.6) is 0 Å². The van der Waals surface area contributed by atoms with Gasteiger partial charge in [-0.25, -0.2) is 0 Å². The number of nitrogens with two attached hydrogens (primary N) is 1. The SMILES string of the molecule is Cc1ccc(CN2CC3CC(N)(C(=O)O)C(CCCB(O)O)C3C2)cc1. The van der Waals surface area contributed by atoms with E-state index in [2.05, 4.69) is 36.1 Å². The Hall–Kier alpha value is -1.41. The van der Waals surface area contributed by atoms with Crippen molar-refractivity contribution in [1.29, 1.82) is 0 Å². The van der Waals surface area contributed by atoms with Gasteiger partial charge in [-0.05, 0) is 49.4 Å². The van der Waals surface area contributed by atoms with Crippen LogP contribution in [0.4, 0.5) is 0 Å². The average molecular weight is 360 g/mol. The van der Waals surface area contributed by atoms with E-state index in [0.29, 0.717) is 25.2 Å². The molecule has 4 atom stereocenters. The summed E-state index contributed by atoms with van der Waals surface area (Å²) in [4.78, 5) is 14.2. The normalized spacial score (nSPS) is 31.2. The molecule has 4 unspecified atom stereocenters. The molecule has 0 radical (unpaired) electrons. The highest BCUT2D eigenvalue weighted by molar-refractivity contribution is 6.40. The molecule has 6 nitrogen and oxygen atoms in total. The Labute approximate surface area is 155 Å². The number of hydrogen-bond acceptors (Lipinski definition) is 5. The molecule has 1 aliphatic heterocycles. The molecule has 0 bridgehead atoms. The molecule has 26 heavy (non-hydrogen) atoms. The van der Waals surface area contributed by atoms with Crippen LogP contribution >= 0.6 is 0 Å². The van der Waals surface area contributed by atoms with E-state index in [0.717, 1.165) is 19.6 Å². The van der Waals surface area contributed by atoms with Crippen molar-refractivity contribution in [1.82, 2.24) is 4.90 Å². The largest absolute Gasteiger partial charge is 0.480 e. The second kappa shape index (κ2) is 7.68. The maximum Gasteiger partial charge on any atom is 0.451 e. The Kier molecular flexibility index (Phi) is 5.72. The van der Waals surface area contributed by atoms with Gasteiger partial charge in [0.05, 0.1) is 0 Å². The minimum atomic E-state index is -1.34. The minimum Gasteiger partial charge on any atom is -0.480 e. The highest BCUT2D eigenvalue weighted by Gasteiger charge is 2.57. The number of fused-ring (bicyclic) bond motifs is 1. The Balaban J connectivity index is 1.67. The second-order valence-electron chi connectivity index (χ2n) is 8.17. The van der Waals surface area contributed by atoms with Crippen LogP contribution in [0.3, 0.4) is 0 Å². The Morgan fingerprint density at radius 3 is 2.62 bits per heavy atom. The third kappa shape index (κ3) is 3.96. The van der Waals surface area contributed by atoms with E-state index in [1.807, 2.05) is 0 Å². The third-order valence-corrected chi connectivity index (χ3v) is 6.25. The third-order valence-electron chi connectivity index (χ3n) is 6.25. The molecule has 0 aromatic heterocycles. The van der Waals surface area contributed by atoms with Crippen LogP contribution in [0, 0.1) is 24.7 Å². The van der Waals surface area contributed by atoms with Crippen LogP contribution in [-0.2, 0) is 11.3 Å². The molecule has 0 spiro atoms. The molecule has 142 valence electrons. The van der Waals surface area contributed by atoms with Crippen LogP contribution in [0.25, 0.3) is 0 Å². The van der Waals surface area contributed by atoms with Gasteiger partial charge in [-0.3, -0.25) is 9.69 Å². The van der Waals surface area contributed by atoms with E-state index in [-0.39, 0.29) is 18.2 Å². The predicted molar refractivity (Wildman–Crippen MR) is 100 cm³/mol. The number of aryl methyl sites for hydroxylation is 1. The molecular formula is C19H29BN2O4. The first-order valence-corrected chi connectivity index (χ1v) is 9.46. The first-order chi connectivity index (χ1) is 12.3. The lowest BCUT2D eigenvalue weighted by Crippen LogP contribution is -2.53. The zero-order chi connectivity index (χ0) is 18.9. The van der Waals surface area contributed by atoms with Crippen molar-refractivity contribution in [3.63, 3.8) is 0 Å². The lowest BCUT2D eigenvalue weighted by molar-refractivity contribution is -0.145. The molecule has 1 aliphatic carbocycles. The number of rotatable bonds is 7. The summed E-state index contributed by atoms with van der Waals surface area (Å²) in [6.45, 7) is 4.69. The van der Waals surface area contributed by atoms with Crippen LogP contribution in [0.15, 0.2) is 24.3 Å². The van der Waals surface area contributed by atoms with Gasteiger partial charge in [-0.2, -0.15) is 0 Å². The number of carboxylic acid groups (broad SMARTS) is 1. The Morgan fingerprint density at radius 2 is 2.00 bits per heavy atom. The highest BCUT2D eigenvalue weighted by Crippen LogP contribution is 2.49. The smallest absolute Gasteiger partial charge is 0.451 e. The zero-order valence-electron chi connectivity index (χ0n) is 15.3. The summed E-state index contributed by atoms with van der Waals surface area (Å²) >= 11 is 0. The van der Waals surface area contributed by atoms with E-state index < -0.39 is 18.6 Å². The Bertz CT molecular complexity index is 639. The van der Waals surface area contributed by atoms with Crippen molar-refractivity contribution in [2.75, 3.05) is 13.1 Å². The molecule has 3 rings (SSSR count). The molecule has 1 heterocycles. The quantitative estimate of drug-likeness (QED) is 0.543. The number of carboxylic acids is 1. The summed E-state index contributed by atoms with van der Waals surface area (Å²) in [7, 11) is -1.34.